The van der Waals surface area contributed by atoms with Gasteiger partial charge in [0.05, 0.1) is 17.9 Å². The summed E-state index contributed by atoms with van der Waals surface area (Å²) in [5.41, 5.74) is 1.53. The number of aryl methyl sites for hydroxylation is 1. The molecule has 8 heteroatoms. The maximum absolute atomic E-state index is 13.6. The van der Waals surface area contributed by atoms with Gasteiger partial charge < -0.3 is 15.0 Å². The first-order valence-electron chi connectivity index (χ1n) is 9.14. The zero-order valence-electron chi connectivity index (χ0n) is 16.1. The molecule has 0 fully saturated rings. The van der Waals surface area contributed by atoms with Crippen molar-refractivity contribution in [3.05, 3.63) is 53.8 Å². The van der Waals surface area contributed by atoms with Crippen molar-refractivity contribution in [1.82, 2.24) is 0 Å². The summed E-state index contributed by atoms with van der Waals surface area (Å²) in [7, 11) is 0. The lowest BCUT2D eigenvalue weighted by atomic mass is 10.2. The monoisotopic (exact) mass is 416 g/mol. The van der Waals surface area contributed by atoms with Gasteiger partial charge in [-0.2, -0.15) is 0 Å². The van der Waals surface area contributed by atoms with Crippen LogP contribution in [-0.2, 0) is 19.1 Å². The minimum Gasteiger partial charge on any atom is -0.452 e. The van der Waals surface area contributed by atoms with Crippen molar-refractivity contribution in [2.45, 2.75) is 31.3 Å². The topological polar surface area (TPSA) is 75.7 Å². The van der Waals surface area contributed by atoms with E-state index in [4.69, 9.17) is 4.74 Å². The zero-order chi connectivity index (χ0) is 21.0. The third kappa shape index (κ3) is 5.14. The molecular weight excluding hydrogens is 395 g/mol. The van der Waals surface area contributed by atoms with E-state index in [0.29, 0.717) is 11.3 Å². The lowest BCUT2D eigenvalue weighted by molar-refractivity contribution is -0.152. The summed E-state index contributed by atoms with van der Waals surface area (Å²) in [5, 5.41) is 2.52. The Morgan fingerprint density at radius 3 is 2.79 bits per heavy atom. The maximum Gasteiger partial charge on any atom is 0.308 e. The average Bonchev–Trinajstić information content (AvgIpc) is 2.70. The van der Waals surface area contributed by atoms with E-state index >= 15 is 0 Å². The summed E-state index contributed by atoms with van der Waals surface area (Å²) in [6, 6.07) is 11.8. The van der Waals surface area contributed by atoms with E-state index in [1.165, 1.54) is 24.8 Å². The molecule has 6 nitrogen and oxygen atoms in total. The molecule has 1 heterocycles. The van der Waals surface area contributed by atoms with Crippen LogP contribution >= 0.6 is 11.8 Å². The minimum atomic E-state index is -1.05. The molecule has 0 spiro atoms. The van der Waals surface area contributed by atoms with Crippen molar-refractivity contribution in [3.63, 3.8) is 0 Å². The van der Waals surface area contributed by atoms with Gasteiger partial charge in [0.25, 0.3) is 5.91 Å². The van der Waals surface area contributed by atoms with Crippen molar-refractivity contribution in [2.75, 3.05) is 22.5 Å². The van der Waals surface area contributed by atoms with Crippen LogP contribution in [0.2, 0.25) is 0 Å². The van der Waals surface area contributed by atoms with Gasteiger partial charge >= 0.3 is 5.97 Å². The summed E-state index contributed by atoms with van der Waals surface area (Å²) in [5.74, 6) is -1.34. The summed E-state index contributed by atoms with van der Waals surface area (Å²) in [6.07, 6.45) is -1.09. The molecular formula is C21H21FN2O4S. The number of hydrogen-bond acceptors (Lipinski definition) is 5. The van der Waals surface area contributed by atoms with Crippen molar-refractivity contribution in [2.24, 2.45) is 0 Å². The summed E-state index contributed by atoms with van der Waals surface area (Å²) in [6.45, 7) is 3.23. The molecule has 0 saturated heterocycles. The third-order valence-electron chi connectivity index (χ3n) is 4.46. The zero-order valence-corrected chi connectivity index (χ0v) is 16.9. The van der Waals surface area contributed by atoms with E-state index in [1.54, 1.807) is 24.0 Å². The Hall–Kier alpha value is -2.87. The molecule has 1 N–H and O–H groups in total. The Morgan fingerprint density at radius 2 is 2.03 bits per heavy atom. The molecule has 2 aromatic carbocycles. The number of rotatable bonds is 6. The van der Waals surface area contributed by atoms with Crippen LogP contribution in [0.25, 0.3) is 0 Å². The number of fused-ring (bicyclic) bond motifs is 1. The van der Waals surface area contributed by atoms with E-state index in [-0.39, 0.29) is 24.6 Å². The SMILES string of the molecule is Cc1ccc(NC(=O)[C@H](C)OC(=O)CCN2C(=O)CSc3ccccc32)cc1F. The number of benzene rings is 2. The summed E-state index contributed by atoms with van der Waals surface area (Å²) >= 11 is 1.47. The number of hydrogen-bond donors (Lipinski definition) is 1. The summed E-state index contributed by atoms with van der Waals surface area (Å²) < 4.78 is 18.7. The van der Waals surface area contributed by atoms with Crippen molar-refractivity contribution >= 4 is 40.9 Å². The van der Waals surface area contributed by atoms with Crippen molar-refractivity contribution in [1.29, 1.82) is 0 Å². The van der Waals surface area contributed by atoms with Crippen molar-refractivity contribution in [3.8, 4) is 0 Å². The second-order valence-electron chi connectivity index (χ2n) is 6.64. The smallest absolute Gasteiger partial charge is 0.308 e. The molecule has 29 heavy (non-hydrogen) atoms. The highest BCUT2D eigenvalue weighted by molar-refractivity contribution is 8.00. The number of amides is 2. The Bertz CT molecular complexity index is 950. The molecule has 1 atom stereocenters. The normalized spacial score (nSPS) is 14.2. The molecule has 3 rings (SSSR count). The van der Waals surface area contributed by atoms with E-state index < -0.39 is 23.8 Å². The summed E-state index contributed by atoms with van der Waals surface area (Å²) in [4.78, 5) is 39.1. The molecule has 1 aliphatic rings. The molecule has 0 unspecified atom stereocenters. The van der Waals surface area contributed by atoms with Gasteiger partial charge in [0.15, 0.2) is 6.10 Å². The van der Waals surface area contributed by atoms with Crippen LogP contribution < -0.4 is 10.2 Å². The van der Waals surface area contributed by atoms with Gasteiger partial charge in [-0.1, -0.05) is 18.2 Å². The molecule has 2 aromatic rings. The van der Waals surface area contributed by atoms with Crippen LogP contribution in [0.5, 0.6) is 0 Å². The quantitative estimate of drug-likeness (QED) is 0.729. The van der Waals surface area contributed by atoms with Crippen molar-refractivity contribution < 1.29 is 23.5 Å². The number of nitrogens with zero attached hydrogens (tertiary/aromatic N) is 1. The predicted molar refractivity (Wildman–Crippen MR) is 109 cm³/mol. The van der Waals surface area contributed by atoms with Crippen LogP contribution in [0.4, 0.5) is 15.8 Å². The standard InChI is InChI=1S/C21H21FN2O4S/c1-13-7-8-15(11-16(13)22)23-21(27)14(2)28-20(26)9-10-24-17-5-3-4-6-18(17)29-12-19(24)25/h3-8,11,14H,9-10,12H2,1-2H3,(H,23,27)/t14-/m0/s1. The fourth-order valence-corrected chi connectivity index (χ4v) is 3.76. The molecule has 1 aliphatic heterocycles. The lowest BCUT2D eigenvalue weighted by Crippen LogP contribution is -2.38. The van der Waals surface area contributed by atoms with Gasteiger partial charge in [0, 0.05) is 17.1 Å². The largest absolute Gasteiger partial charge is 0.452 e. The molecule has 0 saturated carbocycles. The number of nitrogens with one attached hydrogen (secondary N) is 1. The van der Waals surface area contributed by atoms with Crippen LogP contribution in [0, 0.1) is 12.7 Å². The average molecular weight is 416 g/mol. The molecule has 0 aliphatic carbocycles. The maximum atomic E-state index is 13.6. The first kappa shape index (κ1) is 20.9. The minimum absolute atomic E-state index is 0.0402. The molecule has 0 aromatic heterocycles. The number of halogens is 1. The Balaban J connectivity index is 1.53. The second kappa shape index (κ2) is 9.09. The van der Waals surface area contributed by atoms with Crippen LogP contribution in [0.1, 0.15) is 18.9 Å². The van der Waals surface area contributed by atoms with Gasteiger partial charge in [-0.15, -0.1) is 11.8 Å². The fourth-order valence-electron chi connectivity index (χ4n) is 2.83. The predicted octanol–water partition coefficient (Wildman–Crippen LogP) is 3.53. The van der Waals surface area contributed by atoms with Gasteiger partial charge in [0.1, 0.15) is 5.82 Å². The Kier molecular flexibility index (Phi) is 6.53. The van der Waals surface area contributed by atoms with Gasteiger partial charge in [-0.25, -0.2) is 4.39 Å². The highest BCUT2D eigenvalue weighted by Gasteiger charge is 2.26. The number of ether oxygens (including phenoxy) is 1. The van der Waals surface area contributed by atoms with E-state index in [2.05, 4.69) is 5.32 Å². The number of para-hydroxylation sites is 1. The number of thioether (sulfide) groups is 1. The number of carbonyl (C=O) groups is 3. The second-order valence-corrected chi connectivity index (χ2v) is 7.65. The first-order chi connectivity index (χ1) is 13.8. The highest BCUT2D eigenvalue weighted by Crippen LogP contribution is 2.34. The molecule has 152 valence electrons. The number of carbonyl (C=O) groups excluding carboxylic acids is 3. The number of anilines is 2. The van der Waals surface area contributed by atoms with E-state index in [0.717, 1.165) is 10.6 Å². The third-order valence-corrected chi connectivity index (χ3v) is 5.51. The lowest BCUT2D eigenvalue weighted by Gasteiger charge is -2.28. The van der Waals surface area contributed by atoms with Gasteiger partial charge in [0.2, 0.25) is 5.91 Å². The van der Waals surface area contributed by atoms with Gasteiger partial charge in [-0.3, -0.25) is 14.4 Å². The van der Waals surface area contributed by atoms with E-state index in [1.807, 2.05) is 24.3 Å². The Morgan fingerprint density at radius 1 is 1.28 bits per heavy atom. The van der Waals surface area contributed by atoms with Crippen LogP contribution in [0.3, 0.4) is 0 Å². The van der Waals surface area contributed by atoms with Crippen LogP contribution in [0.15, 0.2) is 47.4 Å². The van der Waals surface area contributed by atoms with Gasteiger partial charge in [-0.05, 0) is 43.7 Å². The molecule has 2 amide bonds. The fraction of sp³-hybridized carbons (Fsp3) is 0.286. The highest BCUT2D eigenvalue weighted by atomic mass is 32.2. The Labute approximate surface area is 172 Å². The first-order valence-corrected chi connectivity index (χ1v) is 10.1. The molecule has 0 radical (unpaired) electrons. The molecule has 0 bridgehead atoms. The van der Waals surface area contributed by atoms with E-state index in [9.17, 15) is 18.8 Å². The van der Waals surface area contributed by atoms with Crippen LogP contribution in [-0.4, -0.2) is 36.2 Å². The number of esters is 1.